The number of ether oxygens (including phenoxy) is 1. The third-order valence-electron chi connectivity index (χ3n) is 2.55. The second kappa shape index (κ2) is 6.25. The van der Waals surface area contributed by atoms with Gasteiger partial charge in [-0.15, -0.1) is 0 Å². The summed E-state index contributed by atoms with van der Waals surface area (Å²) in [4.78, 5) is 15.7. The lowest BCUT2D eigenvalue weighted by Crippen LogP contribution is -1.97. The van der Waals surface area contributed by atoms with Gasteiger partial charge < -0.3 is 10.1 Å². The predicted octanol–water partition coefficient (Wildman–Crippen LogP) is 3.19. The summed E-state index contributed by atoms with van der Waals surface area (Å²) in [5.41, 5.74) is -0.0168. The lowest BCUT2D eigenvalue weighted by molar-refractivity contribution is -0.388. The number of hydrogen-bond acceptors (Lipinski definition) is 6. The van der Waals surface area contributed by atoms with E-state index < -0.39 is 4.92 Å². The molecule has 0 bridgehead atoms. The number of hydrogen-bond donors (Lipinski definition) is 1. The molecular weight excluding hydrogens is 278 g/mol. The van der Waals surface area contributed by atoms with Gasteiger partial charge in [-0.1, -0.05) is 17.8 Å². The average Bonchev–Trinajstić information content (AvgIpc) is 2.47. The van der Waals surface area contributed by atoms with E-state index in [2.05, 4.69) is 10.3 Å². The number of nitrogens with one attached hydrogen (secondary N) is 1. The van der Waals surface area contributed by atoms with E-state index in [1.165, 1.54) is 17.8 Å². The molecule has 0 saturated heterocycles. The van der Waals surface area contributed by atoms with Crippen molar-refractivity contribution in [1.29, 1.82) is 0 Å². The summed E-state index contributed by atoms with van der Waals surface area (Å²) >= 11 is 1.23. The Hall–Kier alpha value is -2.28. The minimum atomic E-state index is -0.436. The van der Waals surface area contributed by atoms with Crippen LogP contribution in [0.1, 0.15) is 0 Å². The summed E-state index contributed by atoms with van der Waals surface area (Å²) in [5, 5.41) is 14.3. The number of nitro groups is 1. The van der Waals surface area contributed by atoms with Gasteiger partial charge in [0.1, 0.15) is 11.6 Å². The van der Waals surface area contributed by atoms with Crippen LogP contribution in [0.2, 0.25) is 0 Å². The zero-order valence-electron chi connectivity index (χ0n) is 11.0. The van der Waals surface area contributed by atoms with Crippen molar-refractivity contribution in [3.8, 4) is 5.75 Å². The number of nitrogens with zero attached hydrogens (tertiary/aromatic N) is 2. The molecule has 0 saturated carbocycles. The van der Waals surface area contributed by atoms with Gasteiger partial charge in [-0.05, 0) is 24.3 Å². The van der Waals surface area contributed by atoms with Gasteiger partial charge in [-0.2, -0.15) is 0 Å². The third kappa shape index (κ3) is 3.18. The molecular formula is C13H13N3O3S. The van der Waals surface area contributed by atoms with Crippen LogP contribution >= 0.6 is 11.8 Å². The maximum atomic E-state index is 11.0. The van der Waals surface area contributed by atoms with E-state index in [4.69, 9.17) is 4.74 Å². The van der Waals surface area contributed by atoms with Gasteiger partial charge in [-0.3, -0.25) is 10.1 Å². The largest absolute Gasteiger partial charge is 0.497 e. The minimum Gasteiger partial charge on any atom is -0.497 e. The Morgan fingerprint density at radius 1 is 1.35 bits per heavy atom. The molecule has 0 atom stereocenters. The first kappa shape index (κ1) is 14.1. The van der Waals surface area contributed by atoms with E-state index in [-0.39, 0.29) is 5.69 Å². The maximum Gasteiger partial charge on any atom is 0.301 e. The van der Waals surface area contributed by atoms with Gasteiger partial charge >= 0.3 is 5.69 Å². The summed E-state index contributed by atoms with van der Waals surface area (Å²) < 4.78 is 5.14. The van der Waals surface area contributed by atoms with Crippen LogP contribution in [-0.4, -0.2) is 24.1 Å². The molecule has 0 spiro atoms. The second-order valence-corrected chi connectivity index (χ2v) is 4.87. The molecule has 0 aliphatic carbocycles. The number of pyridine rings is 1. The highest BCUT2D eigenvalue weighted by atomic mass is 32.2. The van der Waals surface area contributed by atoms with Crippen LogP contribution in [-0.2, 0) is 0 Å². The van der Waals surface area contributed by atoms with Crippen molar-refractivity contribution in [2.75, 3.05) is 19.5 Å². The zero-order chi connectivity index (χ0) is 14.5. The van der Waals surface area contributed by atoms with E-state index in [1.54, 1.807) is 20.2 Å². The molecule has 0 unspecified atom stereocenters. The quantitative estimate of drug-likeness (QED) is 0.673. The molecule has 104 valence electrons. The fraction of sp³-hybridized carbons (Fsp3) is 0.154. The molecule has 0 radical (unpaired) electrons. The van der Waals surface area contributed by atoms with E-state index in [1.807, 2.05) is 24.3 Å². The lowest BCUT2D eigenvalue weighted by Gasteiger charge is -2.06. The van der Waals surface area contributed by atoms with Crippen LogP contribution in [0.15, 0.2) is 46.3 Å². The molecule has 1 aromatic heterocycles. The molecule has 7 heteroatoms. The Kier molecular flexibility index (Phi) is 4.41. The molecule has 1 heterocycles. The zero-order valence-corrected chi connectivity index (χ0v) is 11.8. The SMILES string of the molecule is CNc1ccc([N+](=O)[O-])c(Sc2cccc(OC)c2)n1. The van der Waals surface area contributed by atoms with Crippen LogP contribution in [0, 0.1) is 10.1 Å². The Morgan fingerprint density at radius 2 is 2.15 bits per heavy atom. The number of aromatic nitrogens is 1. The normalized spacial score (nSPS) is 10.1. The summed E-state index contributed by atoms with van der Waals surface area (Å²) in [6.45, 7) is 0. The lowest BCUT2D eigenvalue weighted by atomic mass is 10.3. The van der Waals surface area contributed by atoms with Crippen LogP contribution in [0.25, 0.3) is 0 Å². The van der Waals surface area contributed by atoms with Gasteiger partial charge in [-0.25, -0.2) is 4.98 Å². The minimum absolute atomic E-state index is 0.0168. The van der Waals surface area contributed by atoms with Gasteiger partial charge in [0.25, 0.3) is 0 Å². The summed E-state index contributed by atoms with van der Waals surface area (Å²) in [7, 11) is 3.29. The van der Waals surface area contributed by atoms with Crippen molar-refractivity contribution in [2.24, 2.45) is 0 Å². The summed E-state index contributed by atoms with van der Waals surface area (Å²) in [6.07, 6.45) is 0. The molecule has 1 aromatic carbocycles. The van der Waals surface area contributed by atoms with Crippen LogP contribution < -0.4 is 10.1 Å². The molecule has 0 aliphatic rings. The first-order valence-corrected chi connectivity index (χ1v) is 6.61. The Morgan fingerprint density at radius 3 is 2.80 bits per heavy atom. The van der Waals surface area contributed by atoms with Crippen LogP contribution in [0.5, 0.6) is 5.75 Å². The first-order valence-electron chi connectivity index (χ1n) is 5.79. The van der Waals surface area contributed by atoms with E-state index in [0.717, 1.165) is 4.90 Å². The molecule has 2 aromatic rings. The molecule has 20 heavy (non-hydrogen) atoms. The number of rotatable bonds is 5. The topological polar surface area (TPSA) is 77.3 Å². The van der Waals surface area contributed by atoms with Crippen molar-refractivity contribution in [2.45, 2.75) is 9.92 Å². The second-order valence-electron chi connectivity index (χ2n) is 3.81. The molecule has 1 N–H and O–H groups in total. The molecule has 2 rings (SSSR count). The first-order chi connectivity index (χ1) is 9.63. The van der Waals surface area contributed by atoms with Crippen molar-refractivity contribution in [1.82, 2.24) is 4.98 Å². The van der Waals surface area contributed by atoms with E-state index in [0.29, 0.717) is 16.6 Å². The number of methoxy groups -OCH3 is 1. The molecule has 0 fully saturated rings. The Balaban J connectivity index is 2.37. The van der Waals surface area contributed by atoms with E-state index in [9.17, 15) is 10.1 Å². The van der Waals surface area contributed by atoms with Gasteiger partial charge in [0.05, 0.1) is 12.0 Å². The predicted molar refractivity (Wildman–Crippen MR) is 77.6 cm³/mol. The van der Waals surface area contributed by atoms with Crippen molar-refractivity contribution >= 4 is 23.3 Å². The highest BCUT2D eigenvalue weighted by Gasteiger charge is 2.17. The van der Waals surface area contributed by atoms with Crippen LogP contribution in [0.4, 0.5) is 11.5 Å². The monoisotopic (exact) mass is 291 g/mol. The smallest absolute Gasteiger partial charge is 0.301 e. The molecule has 0 amide bonds. The van der Waals surface area contributed by atoms with E-state index >= 15 is 0 Å². The third-order valence-corrected chi connectivity index (χ3v) is 3.53. The standard InChI is InChI=1S/C13H13N3O3S/c1-14-12-7-6-11(16(17)18)13(15-12)20-10-5-3-4-9(8-10)19-2/h3-8H,1-2H3,(H,14,15). The number of anilines is 1. The van der Waals surface area contributed by atoms with Gasteiger partial charge in [0.15, 0.2) is 5.03 Å². The molecule has 6 nitrogen and oxygen atoms in total. The Labute approximate surface area is 120 Å². The highest BCUT2D eigenvalue weighted by molar-refractivity contribution is 7.99. The van der Waals surface area contributed by atoms with Crippen molar-refractivity contribution < 1.29 is 9.66 Å². The fourth-order valence-electron chi connectivity index (χ4n) is 1.56. The van der Waals surface area contributed by atoms with Gasteiger partial charge in [0, 0.05) is 18.0 Å². The van der Waals surface area contributed by atoms with Crippen molar-refractivity contribution in [3.63, 3.8) is 0 Å². The highest BCUT2D eigenvalue weighted by Crippen LogP contribution is 2.35. The Bertz CT molecular complexity index is 634. The number of benzene rings is 1. The van der Waals surface area contributed by atoms with Gasteiger partial charge in [0.2, 0.25) is 0 Å². The fourth-order valence-corrected chi connectivity index (χ4v) is 2.50. The van der Waals surface area contributed by atoms with Crippen molar-refractivity contribution in [3.05, 3.63) is 46.5 Å². The summed E-state index contributed by atoms with van der Waals surface area (Å²) in [5.74, 6) is 1.28. The molecule has 0 aliphatic heterocycles. The maximum absolute atomic E-state index is 11.0. The summed E-state index contributed by atoms with van der Waals surface area (Å²) in [6, 6.07) is 10.3. The average molecular weight is 291 g/mol. The van der Waals surface area contributed by atoms with Crippen LogP contribution in [0.3, 0.4) is 0 Å².